The molecule has 0 aromatic carbocycles. The van der Waals surface area contributed by atoms with Crippen molar-refractivity contribution in [2.75, 3.05) is 0 Å². The Morgan fingerprint density at radius 1 is 1.64 bits per heavy atom. The minimum Gasteiger partial charge on any atom is -0.438 e. The standard InChI is InChI=1S/C10H16N2O2/c1-3-8-10(11,6-5-7-12-8)14-9(13)4-2/h5-8H,3-4,11H2,1-2H3/t8-,10?/m1/s1. The minimum atomic E-state index is -1.06. The number of nitrogens with zero attached hydrogens (tertiary/aromatic N) is 1. The summed E-state index contributed by atoms with van der Waals surface area (Å²) in [4.78, 5) is 15.3. The normalized spacial score (nSPS) is 30.4. The van der Waals surface area contributed by atoms with Crippen molar-refractivity contribution in [2.45, 2.75) is 38.5 Å². The minimum absolute atomic E-state index is 0.178. The SMILES string of the molecule is CCC(=O)OC1(N)C=CC=N[C@@H]1CC. The zero-order valence-corrected chi connectivity index (χ0v) is 8.56. The Hall–Kier alpha value is -1.16. The fourth-order valence-electron chi connectivity index (χ4n) is 1.37. The van der Waals surface area contributed by atoms with Crippen LogP contribution in [0, 0.1) is 0 Å². The summed E-state index contributed by atoms with van der Waals surface area (Å²) >= 11 is 0. The van der Waals surface area contributed by atoms with Gasteiger partial charge in [0, 0.05) is 12.6 Å². The second-order valence-corrected chi connectivity index (χ2v) is 3.26. The van der Waals surface area contributed by atoms with Crippen LogP contribution < -0.4 is 5.73 Å². The Balaban J connectivity index is 2.75. The van der Waals surface area contributed by atoms with Crippen molar-refractivity contribution < 1.29 is 9.53 Å². The lowest BCUT2D eigenvalue weighted by molar-refractivity contribution is -0.156. The van der Waals surface area contributed by atoms with Gasteiger partial charge in [-0.25, -0.2) is 0 Å². The molecule has 2 atom stereocenters. The summed E-state index contributed by atoms with van der Waals surface area (Å²) in [5.41, 5.74) is 4.89. The molecule has 1 aliphatic heterocycles. The molecular formula is C10H16N2O2. The molecule has 4 heteroatoms. The maximum atomic E-state index is 11.2. The van der Waals surface area contributed by atoms with Crippen molar-refractivity contribution in [1.82, 2.24) is 0 Å². The van der Waals surface area contributed by atoms with E-state index in [4.69, 9.17) is 10.5 Å². The highest BCUT2D eigenvalue weighted by molar-refractivity contribution is 5.74. The molecule has 0 spiro atoms. The molecule has 2 N–H and O–H groups in total. The van der Waals surface area contributed by atoms with E-state index in [0.29, 0.717) is 6.42 Å². The average Bonchev–Trinajstić information content (AvgIpc) is 2.18. The molecule has 0 bridgehead atoms. The van der Waals surface area contributed by atoms with Gasteiger partial charge in [0.25, 0.3) is 0 Å². The number of nitrogens with two attached hydrogens (primary N) is 1. The van der Waals surface area contributed by atoms with E-state index >= 15 is 0 Å². The Morgan fingerprint density at radius 3 is 2.93 bits per heavy atom. The van der Waals surface area contributed by atoms with E-state index in [9.17, 15) is 4.79 Å². The van der Waals surface area contributed by atoms with Gasteiger partial charge in [-0.2, -0.15) is 0 Å². The van der Waals surface area contributed by atoms with Crippen molar-refractivity contribution in [3.05, 3.63) is 12.2 Å². The zero-order valence-electron chi connectivity index (χ0n) is 8.56. The van der Waals surface area contributed by atoms with Gasteiger partial charge in [-0.3, -0.25) is 15.5 Å². The number of carbonyl (C=O) groups excluding carboxylic acids is 1. The van der Waals surface area contributed by atoms with Gasteiger partial charge in [0.15, 0.2) is 0 Å². The lowest BCUT2D eigenvalue weighted by atomic mass is 10.00. The molecule has 1 heterocycles. The number of hydrogen-bond donors (Lipinski definition) is 1. The largest absolute Gasteiger partial charge is 0.438 e. The van der Waals surface area contributed by atoms with Gasteiger partial charge in [0.1, 0.15) is 6.04 Å². The Kier molecular flexibility index (Phi) is 3.41. The van der Waals surface area contributed by atoms with E-state index in [0.717, 1.165) is 6.42 Å². The third-order valence-electron chi connectivity index (χ3n) is 2.20. The molecule has 1 rings (SSSR count). The molecule has 0 saturated carbocycles. The lowest BCUT2D eigenvalue weighted by Gasteiger charge is -2.32. The Bertz CT molecular complexity index is 273. The summed E-state index contributed by atoms with van der Waals surface area (Å²) in [6, 6.07) is -0.178. The highest BCUT2D eigenvalue weighted by Crippen LogP contribution is 2.20. The predicted molar refractivity (Wildman–Crippen MR) is 55.0 cm³/mol. The fourth-order valence-corrected chi connectivity index (χ4v) is 1.37. The van der Waals surface area contributed by atoms with Crippen LogP contribution in [0.1, 0.15) is 26.7 Å². The van der Waals surface area contributed by atoms with Gasteiger partial charge in [-0.15, -0.1) is 0 Å². The van der Waals surface area contributed by atoms with E-state index in [2.05, 4.69) is 4.99 Å². The second-order valence-electron chi connectivity index (χ2n) is 3.26. The van der Waals surface area contributed by atoms with Crippen LogP contribution in [-0.2, 0) is 9.53 Å². The van der Waals surface area contributed by atoms with Gasteiger partial charge in [0.2, 0.25) is 5.72 Å². The van der Waals surface area contributed by atoms with Crippen molar-refractivity contribution in [1.29, 1.82) is 0 Å². The molecule has 0 saturated heterocycles. The van der Waals surface area contributed by atoms with E-state index in [-0.39, 0.29) is 12.0 Å². The molecule has 0 aromatic rings. The van der Waals surface area contributed by atoms with Crippen LogP contribution >= 0.6 is 0 Å². The fraction of sp³-hybridized carbons (Fsp3) is 0.600. The summed E-state index contributed by atoms with van der Waals surface area (Å²) in [5.74, 6) is -0.298. The first-order chi connectivity index (χ1) is 6.62. The van der Waals surface area contributed by atoms with Crippen LogP contribution in [0.2, 0.25) is 0 Å². The molecule has 4 nitrogen and oxygen atoms in total. The number of ether oxygens (including phenoxy) is 1. The Morgan fingerprint density at radius 2 is 2.36 bits per heavy atom. The topological polar surface area (TPSA) is 64.7 Å². The number of dihydropyridines is 1. The first-order valence-electron chi connectivity index (χ1n) is 4.84. The molecule has 1 aliphatic rings. The molecular weight excluding hydrogens is 180 g/mol. The van der Waals surface area contributed by atoms with Crippen molar-refractivity contribution in [3.8, 4) is 0 Å². The van der Waals surface area contributed by atoms with Crippen LogP contribution in [0.3, 0.4) is 0 Å². The maximum Gasteiger partial charge on any atom is 0.307 e. The first kappa shape index (κ1) is 10.9. The van der Waals surface area contributed by atoms with Crippen LogP contribution in [0.5, 0.6) is 0 Å². The van der Waals surface area contributed by atoms with E-state index in [1.807, 2.05) is 6.92 Å². The number of rotatable bonds is 3. The van der Waals surface area contributed by atoms with Gasteiger partial charge in [-0.1, -0.05) is 13.8 Å². The molecule has 78 valence electrons. The van der Waals surface area contributed by atoms with Crippen LogP contribution in [0.25, 0.3) is 0 Å². The van der Waals surface area contributed by atoms with Crippen LogP contribution in [-0.4, -0.2) is 24.0 Å². The molecule has 0 aromatic heterocycles. The van der Waals surface area contributed by atoms with Crippen LogP contribution in [0.4, 0.5) is 0 Å². The highest BCUT2D eigenvalue weighted by Gasteiger charge is 2.35. The van der Waals surface area contributed by atoms with E-state index in [1.165, 1.54) is 0 Å². The Labute approximate surface area is 83.8 Å². The van der Waals surface area contributed by atoms with Crippen LogP contribution in [0.15, 0.2) is 17.1 Å². The lowest BCUT2D eigenvalue weighted by Crippen LogP contribution is -2.52. The number of aliphatic imine (C=N–C) groups is 1. The summed E-state index contributed by atoms with van der Waals surface area (Å²) < 4.78 is 5.17. The number of esters is 1. The van der Waals surface area contributed by atoms with Crippen molar-refractivity contribution in [3.63, 3.8) is 0 Å². The molecule has 1 unspecified atom stereocenters. The highest BCUT2D eigenvalue weighted by atomic mass is 16.6. The van der Waals surface area contributed by atoms with Gasteiger partial charge in [0.05, 0.1) is 0 Å². The average molecular weight is 196 g/mol. The second kappa shape index (κ2) is 4.37. The monoisotopic (exact) mass is 196 g/mol. The number of allylic oxidation sites excluding steroid dienone is 1. The quantitative estimate of drug-likeness (QED) is 0.541. The molecule has 0 aliphatic carbocycles. The molecule has 0 radical (unpaired) electrons. The smallest absolute Gasteiger partial charge is 0.307 e. The summed E-state index contributed by atoms with van der Waals surface area (Å²) in [6.45, 7) is 3.70. The van der Waals surface area contributed by atoms with E-state index < -0.39 is 5.72 Å². The first-order valence-corrected chi connectivity index (χ1v) is 4.84. The summed E-state index contributed by atoms with van der Waals surface area (Å²) in [6.07, 6.45) is 6.14. The van der Waals surface area contributed by atoms with E-state index in [1.54, 1.807) is 25.3 Å². The molecule has 14 heavy (non-hydrogen) atoms. The van der Waals surface area contributed by atoms with Gasteiger partial charge >= 0.3 is 5.97 Å². The molecule has 0 amide bonds. The third-order valence-corrected chi connectivity index (χ3v) is 2.20. The van der Waals surface area contributed by atoms with Gasteiger partial charge in [-0.05, 0) is 18.6 Å². The summed E-state index contributed by atoms with van der Waals surface area (Å²) in [7, 11) is 0. The third kappa shape index (κ3) is 2.20. The maximum absolute atomic E-state index is 11.2. The van der Waals surface area contributed by atoms with Gasteiger partial charge < -0.3 is 4.74 Å². The van der Waals surface area contributed by atoms with Crippen molar-refractivity contribution >= 4 is 12.2 Å². The molecule has 0 fully saturated rings. The predicted octanol–water partition coefficient (Wildman–Crippen LogP) is 1.01. The van der Waals surface area contributed by atoms with Crippen molar-refractivity contribution in [2.24, 2.45) is 10.7 Å². The number of hydrogen-bond acceptors (Lipinski definition) is 4. The number of carbonyl (C=O) groups is 1. The summed E-state index contributed by atoms with van der Waals surface area (Å²) in [5, 5.41) is 0. The zero-order chi connectivity index (χ0) is 10.6.